The van der Waals surface area contributed by atoms with Gasteiger partial charge in [-0.2, -0.15) is 10.2 Å². The molecule has 8 heteroatoms. The number of ether oxygens (including phenoxy) is 2. The molecule has 32 heavy (non-hydrogen) atoms. The number of esters is 2. The van der Waals surface area contributed by atoms with Gasteiger partial charge >= 0.3 is 11.9 Å². The molecule has 0 heterocycles. The first-order valence-electron chi connectivity index (χ1n) is 10.1. The molecule has 0 radical (unpaired) electrons. The van der Waals surface area contributed by atoms with Crippen molar-refractivity contribution in [1.82, 2.24) is 0 Å². The molecule has 168 valence electrons. The van der Waals surface area contributed by atoms with Crippen LogP contribution in [0.4, 0.5) is 0 Å². The summed E-state index contributed by atoms with van der Waals surface area (Å²) < 4.78 is 10.2. The Morgan fingerprint density at radius 2 is 1.47 bits per heavy atom. The molecule has 0 bridgehead atoms. The van der Waals surface area contributed by atoms with Crippen LogP contribution in [0, 0.1) is 0 Å². The highest BCUT2D eigenvalue weighted by Crippen LogP contribution is 2.21. The van der Waals surface area contributed by atoms with Crippen molar-refractivity contribution < 1.29 is 29.3 Å². The monoisotopic (exact) mass is 438 g/mol. The molecule has 0 aliphatic carbocycles. The first-order chi connectivity index (χ1) is 15.3. The first kappa shape index (κ1) is 24.3. The Hall–Kier alpha value is -3.94. The lowest BCUT2D eigenvalue weighted by Gasteiger charge is -2.07. The fourth-order valence-corrected chi connectivity index (χ4v) is 2.44. The molecule has 0 aliphatic heterocycles. The third-order valence-electron chi connectivity index (χ3n) is 4.32. The molecule has 0 spiro atoms. The topological polar surface area (TPSA) is 118 Å². The van der Waals surface area contributed by atoms with Gasteiger partial charge in [0.1, 0.15) is 28.4 Å². The Morgan fingerprint density at radius 1 is 0.938 bits per heavy atom. The van der Waals surface area contributed by atoms with Gasteiger partial charge in [-0.3, -0.25) is 0 Å². The summed E-state index contributed by atoms with van der Waals surface area (Å²) in [5, 5.41) is 27.7. The van der Waals surface area contributed by atoms with Crippen LogP contribution in [0.25, 0.3) is 0 Å². The molecule has 2 aromatic carbocycles. The van der Waals surface area contributed by atoms with Crippen LogP contribution in [-0.4, -0.2) is 41.2 Å². The number of unbranched alkanes of at least 4 members (excludes halogenated alkanes) is 1. The first-order valence-corrected chi connectivity index (χ1v) is 10.1. The van der Waals surface area contributed by atoms with E-state index in [4.69, 9.17) is 9.47 Å². The molecule has 8 nitrogen and oxygen atoms in total. The molecule has 0 atom stereocenters. The Labute approximate surface area is 186 Å². The fourth-order valence-electron chi connectivity index (χ4n) is 2.44. The van der Waals surface area contributed by atoms with Gasteiger partial charge in [0.05, 0.1) is 19.0 Å². The number of aromatic hydroxyl groups is 2. The maximum absolute atomic E-state index is 12.1. The van der Waals surface area contributed by atoms with E-state index >= 15 is 0 Å². The standard InChI is InChI=1S/C24H26N2O6/c1-4-6-11-31-23(29)19-12-17(7-9-21(19)27)14-25-26-15-18-8-10-22(28)20(13-18)24(30)32-16(3)5-2/h7-10,12-15,27-28H,3-6,11H2,1-2H3. The van der Waals surface area contributed by atoms with Crippen LogP contribution in [0.1, 0.15) is 65.0 Å². The van der Waals surface area contributed by atoms with Crippen molar-refractivity contribution >= 4 is 24.4 Å². The van der Waals surface area contributed by atoms with Crippen molar-refractivity contribution in [3.63, 3.8) is 0 Å². The lowest BCUT2D eigenvalue weighted by molar-refractivity contribution is 0.0495. The van der Waals surface area contributed by atoms with Crippen LogP contribution in [0.5, 0.6) is 11.5 Å². The lowest BCUT2D eigenvalue weighted by Crippen LogP contribution is -2.07. The summed E-state index contributed by atoms with van der Waals surface area (Å²) in [6.45, 7) is 7.67. The molecule has 0 aromatic heterocycles. The number of hydrogen-bond acceptors (Lipinski definition) is 8. The van der Waals surface area contributed by atoms with Gasteiger partial charge < -0.3 is 19.7 Å². The third-order valence-corrected chi connectivity index (χ3v) is 4.32. The minimum Gasteiger partial charge on any atom is -0.507 e. The van der Waals surface area contributed by atoms with E-state index in [0.717, 1.165) is 12.8 Å². The van der Waals surface area contributed by atoms with Crippen molar-refractivity contribution in [2.75, 3.05) is 6.61 Å². The molecule has 0 saturated carbocycles. The van der Waals surface area contributed by atoms with Crippen LogP contribution in [-0.2, 0) is 9.47 Å². The zero-order chi connectivity index (χ0) is 23.5. The largest absolute Gasteiger partial charge is 0.507 e. The Bertz CT molecular complexity index is 1040. The maximum atomic E-state index is 12.1. The maximum Gasteiger partial charge on any atom is 0.346 e. The highest BCUT2D eigenvalue weighted by Gasteiger charge is 2.14. The molecule has 0 aliphatic rings. The average Bonchev–Trinajstić information content (AvgIpc) is 2.78. The number of hydrogen-bond donors (Lipinski definition) is 2. The predicted octanol–water partition coefficient (Wildman–Crippen LogP) is 4.59. The zero-order valence-corrected chi connectivity index (χ0v) is 18.1. The number of phenolic OH excluding ortho intramolecular Hbond substituents is 2. The van der Waals surface area contributed by atoms with Crippen molar-refractivity contribution in [1.29, 1.82) is 0 Å². The second-order valence-electron chi connectivity index (χ2n) is 6.81. The molecule has 0 saturated heterocycles. The molecule has 2 aromatic rings. The average molecular weight is 438 g/mol. The van der Waals surface area contributed by atoms with E-state index in [9.17, 15) is 19.8 Å². The van der Waals surface area contributed by atoms with Crippen LogP contribution < -0.4 is 0 Å². The van der Waals surface area contributed by atoms with Gasteiger partial charge in [-0.05, 0) is 53.9 Å². The summed E-state index contributed by atoms with van der Waals surface area (Å²) in [6.07, 6.45) is 4.90. The highest BCUT2D eigenvalue weighted by molar-refractivity contribution is 5.96. The third kappa shape index (κ3) is 7.09. The van der Waals surface area contributed by atoms with Gasteiger partial charge in [0, 0.05) is 6.42 Å². The number of rotatable bonds is 10. The predicted molar refractivity (Wildman–Crippen MR) is 121 cm³/mol. The lowest BCUT2D eigenvalue weighted by atomic mass is 10.1. The summed E-state index contributed by atoms with van der Waals surface area (Å²) in [7, 11) is 0. The minimum absolute atomic E-state index is 0.0164. The number of allylic oxidation sites excluding steroid dienone is 1. The van der Waals surface area contributed by atoms with Gasteiger partial charge in [-0.15, -0.1) is 0 Å². The second-order valence-corrected chi connectivity index (χ2v) is 6.81. The number of carbonyl (C=O) groups is 2. The van der Waals surface area contributed by atoms with E-state index in [1.807, 2.05) is 6.92 Å². The Morgan fingerprint density at radius 3 is 1.97 bits per heavy atom. The van der Waals surface area contributed by atoms with Crippen LogP contribution >= 0.6 is 0 Å². The van der Waals surface area contributed by atoms with E-state index in [2.05, 4.69) is 16.8 Å². The minimum atomic E-state index is -0.712. The summed E-state index contributed by atoms with van der Waals surface area (Å²) in [5.74, 6) is -1.43. The second kappa shape index (κ2) is 12.0. The van der Waals surface area contributed by atoms with E-state index in [1.165, 1.54) is 36.7 Å². The fraction of sp³-hybridized carbons (Fsp3) is 0.250. The van der Waals surface area contributed by atoms with Crippen LogP contribution in [0.3, 0.4) is 0 Å². The molecular weight excluding hydrogens is 412 g/mol. The zero-order valence-electron chi connectivity index (χ0n) is 18.1. The number of benzene rings is 2. The normalized spacial score (nSPS) is 11.1. The molecular formula is C24H26N2O6. The summed E-state index contributed by atoms with van der Waals surface area (Å²) in [6, 6.07) is 8.75. The summed E-state index contributed by atoms with van der Waals surface area (Å²) in [4.78, 5) is 24.2. The van der Waals surface area contributed by atoms with Crippen molar-refractivity contribution in [2.24, 2.45) is 10.2 Å². The number of phenols is 2. The van der Waals surface area contributed by atoms with Crippen molar-refractivity contribution in [3.05, 3.63) is 71.0 Å². The molecule has 2 N–H and O–H groups in total. The van der Waals surface area contributed by atoms with Gasteiger partial charge in [0.25, 0.3) is 0 Å². The van der Waals surface area contributed by atoms with Crippen molar-refractivity contribution in [3.8, 4) is 11.5 Å². The Kier molecular flexibility index (Phi) is 9.16. The van der Waals surface area contributed by atoms with E-state index < -0.39 is 11.9 Å². The smallest absolute Gasteiger partial charge is 0.346 e. The highest BCUT2D eigenvalue weighted by atomic mass is 16.5. The number of carbonyl (C=O) groups excluding carboxylic acids is 2. The molecule has 0 amide bonds. The summed E-state index contributed by atoms with van der Waals surface area (Å²) >= 11 is 0. The van der Waals surface area contributed by atoms with E-state index in [1.54, 1.807) is 19.1 Å². The Balaban J connectivity index is 2.09. The molecule has 0 unspecified atom stereocenters. The van der Waals surface area contributed by atoms with Gasteiger partial charge in [0.2, 0.25) is 0 Å². The van der Waals surface area contributed by atoms with E-state index in [-0.39, 0.29) is 29.2 Å². The van der Waals surface area contributed by atoms with Crippen LogP contribution in [0.15, 0.2) is 58.9 Å². The van der Waals surface area contributed by atoms with Crippen molar-refractivity contribution in [2.45, 2.75) is 33.1 Å². The summed E-state index contributed by atoms with van der Waals surface area (Å²) in [5.41, 5.74) is 1.08. The molecule has 0 fully saturated rings. The van der Waals surface area contributed by atoms with Gasteiger partial charge in [-0.25, -0.2) is 9.59 Å². The molecule has 2 rings (SSSR count). The van der Waals surface area contributed by atoms with E-state index in [0.29, 0.717) is 23.3 Å². The quantitative estimate of drug-likeness (QED) is 0.184. The SMILES string of the molecule is C=C(CC)OC(=O)c1cc(C=NN=Cc2ccc(O)c(C(=O)OCCCC)c2)ccc1O. The van der Waals surface area contributed by atoms with Gasteiger partial charge in [-0.1, -0.05) is 26.8 Å². The number of nitrogens with zero attached hydrogens (tertiary/aromatic N) is 2. The van der Waals surface area contributed by atoms with Crippen LogP contribution in [0.2, 0.25) is 0 Å². The van der Waals surface area contributed by atoms with Gasteiger partial charge in [0.15, 0.2) is 0 Å².